The third-order valence-electron chi connectivity index (χ3n) is 3.50. The Morgan fingerprint density at radius 2 is 1.29 bits per heavy atom. The Bertz CT molecular complexity index is 435. The van der Waals surface area contributed by atoms with Gasteiger partial charge >= 0.3 is 0 Å². The van der Waals surface area contributed by atoms with Gasteiger partial charge in [-0.15, -0.1) is 0 Å². The van der Waals surface area contributed by atoms with Gasteiger partial charge in [-0.2, -0.15) is 10.2 Å². The van der Waals surface area contributed by atoms with E-state index in [4.69, 9.17) is 0 Å². The highest BCUT2D eigenvalue weighted by atomic mass is 15.5. The van der Waals surface area contributed by atoms with Gasteiger partial charge in [0.2, 0.25) is 5.66 Å². The first kappa shape index (κ1) is 12.3. The number of benzene rings is 1. The molecule has 1 aromatic rings. The van der Waals surface area contributed by atoms with Crippen LogP contribution in [0.4, 0.5) is 0 Å². The zero-order valence-electron chi connectivity index (χ0n) is 11.7. The number of hydrogen-bond acceptors (Lipinski definition) is 2. The molecule has 2 heteroatoms. The van der Waals surface area contributed by atoms with Crippen molar-refractivity contribution >= 4 is 0 Å². The van der Waals surface area contributed by atoms with Gasteiger partial charge in [0.05, 0.1) is 0 Å². The summed E-state index contributed by atoms with van der Waals surface area (Å²) >= 11 is 0. The summed E-state index contributed by atoms with van der Waals surface area (Å²) in [5, 5.41) is 8.58. The minimum absolute atomic E-state index is 0.0518. The van der Waals surface area contributed by atoms with Crippen LogP contribution in [-0.2, 0) is 11.1 Å². The van der Waals surface area contributed by atoms with Gasteiger partial charge in [-0.1, -0.05) is 65.8 Å². The normalized spacial score (nSPS) is 18.2. The molecule has 0 N–H and O–H groups in total. The quantitative estimate of drug-likeness (QED) is 0.671. The van der Waals surface area contributed by atoms with E-state index in [1.54, 1.807) is 0 Å². The van der Waals surface area contributed by atoms with Gasteiger partial charge in [-0.3, -0.25) is 0 Å². The lowest BCUT2D eigenvalue weighted by Gasteiger charge is -2.27. The summed E-state index contributed by atoms with van der Waals surface area (Å²) in [5.41, 5.74) is 2.51. The Kier molecular flexibility index (Phi) is 2.46. The molecule has 0 saturated heterocycles. The fraction of sp³-hybridized carbons (Fsp3) is 0.600. The van der Waals surface area contributed by atoms with Crippen LogP contribution in [0.1, 0.15) is 52.7 Å². The largest absolute Gasteiger partial charge is 0.220 e. The average molecular weight is 230 g/mol. The van der Waals surface area contributed by atoms with E-state index in [1.165, 1.54) is 11.1 Å². The summed E-state index contributed by atoms with van der Waals surface area (Å²) in [6.07, 6.45) is 0. The fourth-order valence-corrected chi connectivity index (χ4v) is 2.10. The molecule has 0 fully saturated rings. The predicted molar refractivity (Wildman–Crippen MR) is 71.1 cm³/mol. The lowest BCUT2D eigenvalue weighted by atomic mass is 9.78. The number of hydrogen-bond donors (Lipinski definition) is 0. The highest BCUT2D eigenvalue weighted by Crippen LogP contribution is 2.53. The van der Waals surface area contributed by atoms with Crippen molar-refractivity contribution in [2.75, 3.05) is 0 Å². The van der Waals surface area contributed by atoms with Crippen molar-refractivity contribution in [3.8, 4) is 0 Å². The van der Waals surface area contributed by atoms with E-state index in [1.807, 2.05) is 0 Å². The van der Waals surface area contributed by atoms with Crippen LogP contribution in [-0.4, -0.2) is 0 Å². The van der Waals surface area contributed by atoms with Crippen molar-refractivity contribution in [3.05, 3.63) is 35.4 Å². The van der Waals surface area contributed by atoms with Crippen molar-refractivity contribution in [1.82, 2.24) is 0 Å². The van der Waals surface area contributed by atoms with Crippen molar-refractivity contribution in [2.24, 2.45) is 15.6 Å². The van der Waals surface area contributed by atoms with E-state index in [0.29, 0.717) is 0 Å². The Balaban J connectivity index is 2.32. The predicted octanol–water partition coefficient (Wildman–Crippen LogP) is 4.65. The lowest BCUT2D eigenvalue weighted by molar-refractivity contribution is 0.278. The van der Waals surface area contributed by atoms with Gasteiger partial charge in [0, 0.05) is 11.0 Å². The minimum atomic E-state index is -0.302. The first-order valence-corrected chi connectivity index (χ1v) is 6.22. The molecule has 1 aliphatic rings. The van der Waals surface area contributed by atoms with Crippen LogP contribution in [0.5, 0.6) is 0 Å². The molecule has 0 aliphatic carbocycles. The maximum Gasteiger partial charge on any atom is 0.220 e. The molecule has 2 rings (SSSR count). The monoisotopic (exact) mass is 230 g/mol. The maximum absolute atomic E-state index is 4.29. The topological polar surface area (TPSA) is 24.7 Å². The molecule has 0 amide bonds. The maximum atomic E-state index is 4.29. The molecule has 1 aromatic carbocycles. The second-order valence-corrected chi connectivity index (χ2v) is 6.95. The molecular formula is C15H22N2. The van der Waals surface area contributed by atoms with E-state index in [-0.39, 0.29) is 16.5 Å². The molecule has 0 aromatic heterocycles. The summed E-state index contributed by atoms with van der Waals surface area (Å²) < 4.78 is 0. The van der Waals surface area contributed by atoms with Gasteiger partial charge in [-0.05, 0) is 11.0 Å². The summed E-state index contributed by atoms with van der Waals surface area (Å²) in [7, 11) is 0. The second kappa shape index (κ2) is 3.41. The fourth-order valence-electron chi connectivity index (χ4n) is 2.10. The van der Waals surface area contributed by atoms with Crippen LogP contribution < -0.4 is 0 Å². The SMILES string of the molecule is CC(C)(C)c1ccc(C2(C(C)(C)C)N=N2)cc1. The lowest BCUT2D eigenvalue weighted by Crippen LogP contribution is -2.27. The van der Waals surface area contributed by atoms with Crippen LogP contribution in [0.25, 0.3) is 0 Å². The molecule has 0 unspecified atom stereocenters. The molecular weight excluding hydrogens is 208 g/mol. The molecule has 0 spiro atoms. The molecule has 92 valence electrons. The van der Waals surface area contributed by atoms with E-state index >= 15 is 0 Å². The summed E-state index contributed by atoms with van der Waals surface area (Å²) in [6.45, 7) is 13.2. The summed E-state index contributed by atoms with van der Waals surface area (Å²) in [6, 6.07) is 8.75. The molecule has 2 nitrogen and oxygen atoms in total. The molecule has 1 aliphatic heterocycles. The first-order valence-electron chi connectivity index (χ1n) is 6.22. The van der Waals surface area contributed by atoms with E-state index in [2.05, 4.69) is 76.0 Å². The first-order chi connectivity index (χ1) is 7.67. The van der Waals surface area contributed by atoms with Gasteiger partial charge < -0.3 is 0 Å². The summed E-state index contributed by atoms with van der Waals surface area (Å²) in [5.74, 6) is 0. The Labute approximate surface area is 104 Å². The zero-order chi connectivity index (χ0) is 12.9. The third-order valence-corrected chi connectivity index (χ3v) is 3.50. The molecule has 17 heavy (non-hydrogen) atoms. The average Bonchev–Trinajstić information content (AvgIpc) is 2.96. The van der Waals surface area contributed by atoms with E-state index < -0.39 is 0 Å². The van der Waals surface area contributed by atoms with Crippen LogP contribution in [0.15, 0.2) is 34.5 Å². The van der Waals surface area contributed by atoms with Gasteiger partial charge in [0.15, 0.2) is 0 Å². The molecule has 1 heterocycles. The highest BCUT2D eigenvalue weighted by Gasteiger charge is 2.52. The van der Waals surface area contributed by atoms with Crippen LogP contribution >= 0.6 is 0 Å². The van der Waals surface area contributed by atoms with Gasteiger partial charge in [0.1, 0.15) is 0 Å². The van der Waals surface area contributed by atoms with Crippen LogP contribution in [0, 0.1) is 5.41 Å². The summed E-state index contributed by atoms with van der Waals surface area (Å²) in [4.78, 5) is 0. The molecule has 0 bridgehead atoms. The molecule has 0 radical (unpaired) electrons. The van der Waals surface area contributed by atoms with Crippen molar-refractivity contribution in [2.45, 2.75) is 52.6 Å². The standard InChI is InChI=1S/C15H22N2/c1-13(2,3)11-7-9-12(10-8-11)15(16-17-15)14(4,5)6/h7-10H,1-6H3. The zero-order valence-corrected chi connectivity index (χ0v) is 11.7. The Morgan fingerprint density at radius 3 is 1.59 bits per heavy atom. The highest BCUT2D eigenvalue weighted by molar-refractivity contribution is 5.35. The molecule has 0 saturated carbocycles. The minimum Gasteiger partial charge on any atom is -0.153 e. The smallest absolute Gasteiger partial charge is 0.153 e. The van der Waals surface area contributed by atoms with Crippen molar-refractivity contribution in [3.63, 3.8) is 0 Å². The van der Waals surface area contributed by atoms with E-state index in [9.17, 15) is 0 Å². The van der Waals surface area contributed by atoms with Crippen molar-refractivity contribution in [1.29, 1.82) is 0 Å². The number of rotatable bonds is 1. The van der Waals surface area contributed by atoms with E-state index in [0.717, 1.165) is 0 Å². The second-order valence-electron chi connectivity index (χ2n) is 6.95. The molecule has 0 atom stereocenters. The van der Waals surface area contributed by atoms with Gasteiger partial charge in [-0.25, -0.2) is 0 Å². The van der Waals surface area contributed by atoms with Gasteiger partial charge in [0.25, 0.3) is 0 Å². The Morgan fingerprint density at radius 1 is 0.824 bits per heavy atom. The third kappa shape index (κ3) is 2.01. The van der Waals surface area contributed by atoms with Crippen LogP contribution in [0.2, 0.25) is 0 Å². The van der Waals surface area contributed by atoms with Crippen LogP contribution in [0.3, 0.4) is 0 Å². The number of nitrogens with zero attached hydrogens (tertiary/aromatic N) is 2. The van der Waals surface area contributed by atoms with Crippen molar-refractivity contribution < 1.29 is 0 Å². The Hall–Kier alpha value is -1.18.